The Balaban J connectivity index is 1.22. The molecule has 4 rings (SSSR count). The van der Waals surface area contributed by atoms with Gasteiger partial charge < -0.3 is 28.6 Å². The third-order valence-electron chi connectivity index (χ3n) is 6.71. The Morgan fingerprint density at radius 2 is 1.18 bits per heavy atom. The number of methoxy groups -OCH3 is 3. The van der Waals surface area contributed by atoms with Crippen molar-refractivity contribution in [2.45, 2.75) is 12.8 Å². The highest BCUT2D eigenvalue weighted by molar-refractivity contribution is 6.16. The Morgan fingerprint density at radius 3 is 1.68 bits per heavy atom. The number of ether oxygens (including phenoxy) is 5. The number of carbonyl (C=O) groups excluding carboxylic acids is 2. The second kappa shape index (κ2) is 13.7. The van der Waals surface area contributed by atoms with E-state index in [0.29, 0.717) is 47.8 Å². The fraction of sp³-hybridized carbons (Fsp3) is 0.312. The summed E-state index contributed by atoms with van der Waals surface area (Å²) in [5.41, 5.74) is 0.930. The van der Waals surface area contributed by atoms with Gasteiger partial charge in [-0.05, 0) is 59.6 Å². The molecule has 0 saturated heterocycles. The summed E-state index contributed by atoms with van der Waals surface area (Å²) in [6.07, 6.45) is 1.35. The van der Waals surface area contributed by atoms with E-state index in [1.54, 1.807) is 12.1 Å². The van der Waals surface area contributed by atoms with Crippen LogP contribution in [0.2, 0.25) is 0 Å². The van der Waals surface area contributed by atoms with E-state index in [0.717, 1.165) is 34.6 Å². The molecule has 0 heterocycles. The molecule has 0 fully saturated rings. The molecule has 0 bridgehead atoms. The molecule has 0 aliphatic rings. The quantitative estimate of drug-likeness (QED) is 0.119. The first-order valence-corrected chi connectivity index (χ1v) is 13.2. The summed E-state index contributed by atoms with van der Waals surface area (Å²) >= 11 is 0. The molecule has 0 aliphatic heterocycles. The summed E-state index contributed by atoms with van der Waals surface area (Å²) in [4.78, 5) is 27.8. The minimum atomic E-state index is -0.463. The van der Waals surface area contributed by atoms with Crippen molar-refractivity contribution in [3.63, 3.8) is 0 Å². The van der Waals surface area contributed by atoms with E-state index >= 15 is 0 Å². The van der Waals surface area contributed by atoms with Gasteiger partial charge in [0, 0.05) is 13.1 Å². The SMILES string of the molecule is COc1cc(C(=O)OCCCN(C)CCCOC(=O)c2c3ccccc3cc3ccccc23)cc(OC)c1OC. The van der Waals surface area contributed by atoms with E-state index < -0.39 is 5.97 Å². The predicted octanol–water partition coefficient (Wildman–Crippen LogP) is 5.74. The zero-order chi connectivity index (χ0) is 28.5. The minimum Gasteiger partial charge on any atom is -0.493 e. The molecule has 0 spiro atoms. The molecule has 0 amide bonds. The topological polar surface area (TPSA) is 83.5 Å². The number of benzene rings is 4. The number of hydrogen-bond acceptors (Lipinski definition) is 8. The van der Waals surface area contributed by atoms with Crippen molar-refractivity contribution in [3.8, 4) is 17.2 Å². The molecule has 4 aromatic carbocycles. The first kappa shape index (κ1) is 28.7. The van der Waals surface area contributed by atoms with Crippen LogP contribution in [0.3, 0.4) is 0 Å². The van der Waals surface area contributed by atoms with Crippen molar-refractivity contribution >= 4 is 33.5 Å². The van der Waals surface area contributed by atoms with E-state index in [2.05, 4.69) is 11.0 Å². The molecular weight excluding hydrogens is 510 g/mol. The summed E-state index contributed by atoms with van der Waals surface area (Å²) in [6, 6.07) is 21.0. The van der Waals surface area contributed by atoms with Gasteiger partial charge in [0.2, 0.25) is 5.75 Å². The van der Waals surface area contributed by atoms with Gasteiger partial charge in [-0.25, -0.2) is 9.59 Å². The first-order valence-electron chi connectivity index (χ1n) is 13.2. The highest BCUT2D eigenvalue weighted by Crippen LogP contribution is 2.38. The molecule has 4 aromatic rings. The third kappa shape index (κ3) is 6.63. The summed E-state index contributed by atoms with van der Waals surface area (Å²) in [6.45, 7) is 2.05. The largest absolute Gasteiger partial charge is 0.493 e. The monoisotopic (exact) mass is 545 g/mol. The normalized spacial score (nSPS) is 11.0. The van der Waals surface area contributed by atoms with Crippen LogP contribution >= 0.6 is 0 Å². The van der Waals surface area contributed by atoms with Crippen LogP contribution in [0.5, 0.6) is 17.2 Å². The number of esters is 2. The van der Waals surface area contributed by atoms with Gasteiger partial charge in [0.05, 0.1) is 45.7 Å². The zero-order valence-corrected chi connectivity index (χ0v) is 23.4. The van der Waals surface area contributed by atoms with Crippen molar-refractivity contribution in [1.29, 1.82) is 0 Å². The third-order valence-corrected chi connectivity index (χ3v) is 6.71. The molecule has 0 N–H and O–H groups in total. The molecule has 40 heavy (non-hydrogen) atoms. The summed E-state index contributed by atoms with van der Waals surface area (Å²) in [7, 11) is 6.48. The molecule has 210 valence electrons. The highest BCUT2D eigenvalue weighted by atomic mass is 16.5. The van der Waals surface area contributed by atoms with Crippen LogP contribution in [0.1, 0.15) is 33.6 Å². The summed E-state index contributed by atoms with van der Waals surface area (Å²) in [5, 5.41) is 3.81. The van der Waals surface area contributed by atoms with E-state index in [4.69, 9.17) is 23.7 Å². The van der Waals surface area contributed by atoms with Gasteiger partial charge in [0.25, 0.3) is 0 Å². The summed E-state index contributed by atoms with van der Waals surface area (Å²) in [5.74, 6) is 0.425. The van der Waals surface area contributed by atoms with Gasteiger partial charge >= 0.3 is 11.9 Å². The van der Waals surface area contributed by atoms with E-state index in [1.165, 1.54) is 21.3 Å². The Bertz CT molecular complexity index is 1400. The molecule has 0 radical (unpaired) electrons. The van der Waals surface area contributed by atoms with Gasteiger partial charge in [0.15, 0.2) is 11.5 Å². The van der Waals surface area contributed by atoms with Crippen LogP contribution in [0.25, 0.3) is 21.5 Å². The van der Waals surface area contributed by atoms with E-state index in [9.17, 15) is 9.59 Å². The predicted molar refractivity (Wildman–Crippen MR) is 155 cm³/mol. The zero-order valence-electron chi connectivity index (χ0n) is 23.4. The maximum atomic E-state index is 13.1. The maximum Gasteiger partial charge on any atom is 0.339 e. The minimum absolute atomic E-state index is 0.267. The van der Waals surface area contributed by atoms with Crippen molar-refractivity contribution < 1.29 is 33.3 Å². The average Bonchev–Trinajstić information content (AvgIpc) is 2.99. The first-order chi connectivity index (χ1) is 19.5. The Morgan fingerprint density at radius 1 is 0.675 bits per heavy atom. The van der Waals surface area contributed by atoms with Gasteiger partial charge in [-0.2, -0.15) is 0 Å². The lowest BCUT2D eigenvalue weighted by molar-refractivity contribution is 0.0484. The second-order valence-electron chi connectivity index (χ2n) is 9.39. The molecule has 8 nitrogen and oxygen atoms in total. The van der Waals surface area contributed by atoms with Gasteiger partial charge in [-0.15, -0.1) is 0 Å². The highest BCUT2D eigenvalue weighted by Gasteiger charge is 2.18. The molecule has 0 aliphatic carbocycles. The lowest BCUT2D eigenvalue weighted by atomic mass is 9.97. The lowest BCUT2D eigenvalue weighted by Gasteiger charge is -2.17. The molecule has 0 unspecified atom stereocenters. The molecule has 8 heteroatoms. The summed E-state index contributed by atoms with van der Waals surface area (Å²) < 4.78 is 27.0. The number of rotatable bonds is 13. The maximum absolute atomic E-state index is 13.1. The number of fused-ring (bicyclic) bond motifs is 2. The van der Waals surface area contributed by atoms with Crippen molar-refractivity contribution in [2.75, 3.05) is 54.7 Å². The van der Waals surface area contributed by atoms with Crippen LogP contribution in [0, 0.1) is 0 Å². The van der Waals surface area contributed by atoms with Crippen molar-refractivity contribution in [2.24, 2.45) is 0 Å². The molecular formula is C32H35NO7. The lowest BCUT2D eigenvalue weighted by Crippen LogP contribution is -2.24. The number of hydrogen-bond donors (Lipinski definition) is 0. The van der Waals surface area contributed by atoms with Crippen molar-refractivity contribution in [1.82, 2.24) is 4.90 Å². The van der Waals surface area contributed by atoms with Crippen LogP contribution in [-0.4, -0.2) is 71.5 Å². The Hall–Kier alpha value is -4.30. The molecule has 0 aromatic heterocycles. The van der Waals surface area contributed by atoms with Crippen LogP contribution in [0.15, 0.2) is 66.7 Å². The van der Waals surface area contributed by atoms with E-state index in [1.807, 2.05) is 55.6 Å². The van der Waals surface area contributed by atoms with Gasteiger partial charge in [-0.3, -0.25) is 0 Å². The molecule has 0 saturated carbocycles. The molecule has 0 atom stereocenters. The van der Waals surface area contributed by atoms with E-state index in [-0.39, 0.29) is 12.6 Å². The van der Waals surface area contributed by atoms with Crippen molar-refractivity contribution in [3.05, 3.63) is 77.9 Å². The van der Waals surface area contributed by atoms with Crippen LogP contribution < -0.4 is 14.2 Å². The number of nitrogens with zero attached hydrogens (tertiary/aromatic N) is 1. The van der Waals surface area contributed by atoms with Crippen LogP contribution in [-0.2, 0) is 9.47 Å². The van der Waals surface area contributed by atoms with Crippen LogP contribution in [0.4, 0.5) is 0 Å². The second-order valence-corrected chi connectivity index (χ2v) is 9.39. The Kier molecular flexibility index (Phi) is 9.81. The average molecular weight is 546 g/mol. The van der Waals surface area contributed by atoms with Gasteiger partial charge in [-0.1, -0.05) is 48.5 Å². The fourth-order valence-electron chi connectivity index (χ4n) is 4.70. The smallest absolute Gasteiger partial charge is 0.339 e. The number of carbonyl (C=O) groups is 2. The van der Waals surface area contributed by atoms with Gasteiger partial charge in [0.1, 0.15) is 0 Å². The Labute approximate surface area is 234 Å². The fourth-order valence-corrected chi connectivity index (χ4v) is 4.70. The standard InChI is InChI=1S/C32H35NO7/c1-33(15-9-17-39-31(34)24-20-27(36-2)30(38-4)28(21-24)37-3)16-10-18-40-32(35)29-25-13-7-5-11-22(25)19-23-12-6-8-14-26(23)29/h5-8,11-14,19-21H,9-10,15-18H2,1-4H3.